The van der Waals surface area contributed by atoms with Crippen LogP contribution in [0.3, 0.4) is 0 Å². The van der Waals surface area contributed by atoms with Crippen molar-refractivity contribution < 1.29 is 14.4 Å². The van der Waals surface area contributed by atoms with Crippen LogP contribution in [-0.4, -0.2) is 41.0 Å². The summed E-state index contributed by atoms with van der Waals surface area (Å²) >= 11 is 0. The normalized spacial score (nSPS) is 24.1. The van der Waals surface area contributed by atoms with Crippen molar-refractivity contribution in [3.8, 4) is 0 Å². The molecule has 0 saturated carbocycles. The van der Waals surface area contributed by atoms with Gasteiger partial charge in [-0.15, -0.1) is 0 Å². The Morgan fingerprint density at radius 1 is 0.926 bits per heavy atom. The predicted molar refractivity (Wildman–Crippen MR) is 99.6 cm³/mol. The molecule has 6 nitrogen and oxygen atoms in total. The molecule has 0 N–H and O–H groups in total. The summed E-state index contributed by atoms with van der Waals surface area (Å²) in [5.41, 5.74) is 1.60. The number of hydrogen-bond acceptors (Lipinski definition) is 3. The van der Waals surface area contributed by atoms with Gasteiger partial charge in [0.05, 0.1) is 17.3 Å². The van der Waals surface area contributed by atoms with Gasteiger partial charge < -0.3 is 4.90 Å². The summed E-state index contributed by atoms with van der Waals surface area (Å²) < 4.78 is 0. The van der Waals surface area contributed by atoms with Gasteiger partial charge in [-0.1, -0.05) is 42.5 Å². The number of anilines is 1. The molecular weight excluding hydrogens is 342 g/mol. The first-order chi connectivity index (χ1) is 13.2. The van der Waals surface area contributed by atoms with Crippen molar-refractivity contribution in [3.63, 3.8) is 0 Å². The molecule has 3 amide bonds. The first kappa shape index (κ1) is 15.9. The third kappa shape index (κ3) is 2.26. The smallest absolute Gasteiger partial charge is 0.264 e. The van der Waals surface area contributed by atoms with Gasteiger partial charge in [0.15, 0.2) is 0 Å². The number of benzene rings is 2. The Bertz CT molecular complexity index is 999. The molecule has 134 valence electrons. The van der Waals surface area contributed by atoms with E-state index in [1.54, 1.807) is 53.4 Å². The fourth-order valence-corrected chi connectivity index (χ4v) is 4.25. The van der Waals surface area contributed by atoms with Crippen LogP contribution in [0.5, 0.6) is 0 Å². The van der Waals surface area contributed by atoms with E-state index in [0.29, 0.717) is 35.6 Å². The van der Waals surface area contributed by atoms with Crippen molar-refractivity contribution in [2.45, 2.75) is 24.8 Å². The summed E-state index contributed by atoms with van der Waals surface area (Å²) in [6.07, 6.45) is 1.53. The zero-order valence-electron chi connectivity index (χ0n) is 14.5. The van der Waals surface area contributed by atoms with Gasteiger partial charge in [0, 0.05) is 6.54 Å². The number of nitrogens with zero attached hydrogens (tertiary/aromatic N) is 3. The third-order valence-corrected chi connectivity index (χ3v) is 5.49. The topological polar surface area (TPSA) is 70.1 Å². The lowest BCUT2D eigenvalue weighted by Gasteiger charge is -2.33. The summed E-state index contributed by atoms with van der Waals surface area (Å²) in [5, 5.41) is 0. The number of carbonyl (C=O) groups excluding carboxylic acids is 3. The van der Waals surface area contributed by atoms with Gasteiger partial charge in [-0.05, 0) is 30.5 Å². The fraction of sp³-hybridized carbons (Fsp3) is 0.238. The van der Waals surface area contributed by atoms with E-state index < -0.39 is 11.8 Å². The van der Waals surface area contributed by atoms with Crippen LogP contribution in [0.15, 0.2) is 59.6 Å². The highest BCUT2D eigenvalue weighted by molar-refractivity contribution is 6.33. The molecule has 2 aromatic rings. The average molecular weight is 359 g/mol. The standard InChI is InChI=1S/C21H17N3O3/c25-19-17(13-7-2-1-3-8-13)21(27)24-15-10-5-4-9-14(15)20(26)23-12-6-11-16(23)18(24)22-19/h1-5,7-10,16-17H,6,11-12H2/t16-,17?/m0/s1. The van der Waals surface area contributed by atoms with E-state index in [4.69, 9.17) is 0 Å². The molecule has 0 aliphatic carbocycles. The zero-order chi connectivity index (χ0) is 18.5. The van der Waals surface area contributed by atoms with Gasteiger partial charge in [0.1, 0.15) is 11.8 Å². The Morgan fingerprint density at radius 3 is 2.48 bits per heavy atom. The highest BCUT2D eigenvalue weighted by Gasteiger charge is 2.48. The molecule has 2 atom stereocenters. The molecule has 0 radical (unpaired) electrons. The zero-order valence-corrected chi connectivity index (χ0v) is 14.5. The second-order valence-electron chi connectivity index (χ2n) is 7.00. The van der Waals surface area contributed by atoms with E-state index in [9.17, 15) is 14.4 Å². The quantitative estimate of drug-likeness (QED) is 0.734. The molecule has 5 rings (SSSR count). The van der Waals surface area contributed by atoms with Gasteiger partial charge in [0.2, 0.25) is 5.91 Å². The van der Waals surface area contributed by atoms with Crippen molar-refractivity contribution in [1.82, 2.24) is 4.90 Å². The Balaban J connectivity index is 1.73. The van der Waals surface area contributed by atoms with Gasteiger partial charge in [-0.25, -0.2) is 0 Å². The second kappa shape index (κ2) is 5.87. The Labute approximate surface area is 156 Å². The Kier molecular flexibility index (Phi) is 3.47. The van der Waals surface area contributed by atoms with E-state index in [1.165, 1.54) is 4.90 Å². The molecule has 27 heavy (non-hydrogen) atoms. The van der Waals surface area contributed by atoms with Gasteiger partial charge >= 0.3 is 0 Å². The Morgan fingerprint density at radius 2 is 1.67 bits per heavy atom. The van der Waals surface area contributed by atoms with Crippen molar-refractivity contribution in [2.24, 2.45) is 4.99 Å². The van der Waals surface area contributed by atoms with Gasteiger partial charge in [-0.3, -0.25) is 19.3 Å². The van der Waals surface area contributed by atoms with Crippen LogP contribution in [0, 0.1) is 0 Å². The van der Waals surface area contributed by atoms with Crippen LogP contribution < -0.4 is 4.90 Å². The summed E-state index contributed by atoms with van der Waals surface area (Å²) in [7, 11) is 0. The van der Waals surface area contributed by atoms with Crippen molar-refractivity contribution >= 4 is 29.2 Å². The minimum Gasteiger partial charge on any atom is -0.328 e. The predicted octanol–water partition coefficient (Wildman–Crippen LogP) is 2.36. The first-order valence-corrected chi connectivity index (χ1v) is 9.08. The number of amides is 3. The summed E-state index contributed by atoms with van der Waals surface area (Å²) in [6.45, 7) is 0.606. The van der Waals surface area contributed by atoms with Crippen LogP contribution in [0.1, 0.15) is 34.7 Å². The number of aliphatic imine (C=N–C) groups is 1. The average Bonchev–Trinajstić information content (AvgIpc) is 3.14. The molecule has 0 bridgehead atoms. The second-order valence-corrected chi connectivity index (χ2v) is 7.00. The van der Waals surface area contributed by atoms with E-state index in [2.05, 4.69) is 4.99 Å². The molecule has 0 aromatic heterocycles. The number of amidine groups is 1. The molecule has 3 aliphatic heterocycles. The lowest BCUT2D eigenvalue weighted by atomic mass is 9.94. The molecule has 1 unspecified atom stereocenters. The number of para-hydroxylation sites is 1. The number of rotatable bonds is 1. The van der Waals surface area contributed by atoms with Crippen LogP contribution in [0.25, 0.3) is 0 Å². The highest BCUT2D eigenvalue weighted by Crippen LogP contribution is 2.37. The van der Waals surface area contributed by atoms with E-state index in [1.807, 2.05) is 6.07 Å². The van der Waals surface area contributed by atoms with Crippen LogP contribution in [0.4, 0.5) is 5.69 Å². The maximum absolute atomic E-state index is 13.5. The number of hydrogen-bond donors (Lipinski definition) is 0. The van der Waals surface area contributed by atoms with Crippen molar-refractivity contribution in [1.29, 1.82) is 0 Å². The van der Waals surface area contributed by atoms with E-state index in [-0.39, 0.29) is 17.9 Å². The van der Waals surface area contributed by atoms with Gasteiger partial charge in [-0.2, -0.15) is 4.99 Å². The lowest BCUT2D eigenvalue weighted by Crippen LogP contribution is -2.53. The van der Waals surface area contributed by atoms with Gasteiger partial charge in [0.25, 0.3) is 11.8 Å². The number of fused-ring (bicyclic) bond motifs is 5. The Hall–Kier alpha value is -3.28. The molecule has 2 aromatic carbocycles. The lowest BCUT2D eigenvalue weighted by molar-refractivity contribution is -0.128. The monoisotopic (exact) mass is 359 g/mol. The van der Waals surface area contributed by atoms with Crippen LogP contribution >= 0.6 is 0 Å². The molecule has 1 fully saturated rings. The maximum atomic E-state index is 13.5. The van der Waals surface area contributed by atoms with E-state index in [0.717, 1.165) is 6.42 Å². The number of carbonyl (C=O) groups is 3. The summed E-state index contributed by atoms with van der Waals surface area (Å²) in [4.78, 5) is 46.9. The minimum atomic E-state index is -0.980. The largest absolute Gasteiger partial charge is 0.328 e. The molecular formula is C21H17N3O3. The van der Waals surface area contributed by atoms with Crippen molar-refractivity contribution in [2.75, 3.05) is 11.4 Å². The molecule has 3 heterocycles. The molecule has 3 aliphatic rings. The fourth-order valence-electron chi connectivity index (χ4n) is 4.25. The summed E-state index contributed by atoms with van der Waals surface area (Å²) in [5.74, 6) is -1.51. The summed E-state index contributed by atoms with van der Waals surface area (Å²) in [6, 6.07) is 15.7. The third-order valence-electron chi connectivity index (χ3n) is 5.49. The molecule has 6 heteroatoms. The minimum absolute atomic E-state index is 0.110. The van der Waals surface area contributed by atoms with Crippen LogP contribution in [-0.2, 0) is 9.59 Å². The molecule has 1 saturated heterocycles. The highest BCUT2D eigenvalue weighted by atomic mass is 16.2. The van der Waals surface area contributed by atoms with Crippen molar-refractivity contribution in [3.05, 3.63) is 65.7 Å². The maximum Gasteiger partial charge on any atom is 0.264 e. The first-order valence-electron chi connectivity index (χ1n) is 9.08. The van der Waals surface area contributed by atoms with Crippen LogP contribution in [0.2, 0.25) is 0 Å². The SMILES string of the molecule is O=C1N=C2[C@@H]3CCCN3C(=O)c3ccccc3N2C(=O)C1c1ccccc1. The van der Waals surface area contributed by atoms with E-state index >= 15 is 0 Å². The molecule has 0 spiro atoms.